The van der Waals surface area contributed by atoms with Crippen LogP contribution in [0.25, 0.3) is 11.3 Å². The number of carbonyl (C=O) groups is 1. The molecule has 0 unspecified atom stereocenters. The van der Waals surface area contributed by atoms with Gasteiger partial charge in [0, 0.05) is 38.1 Å². The molecule has 9 heteroatoms. The maximum atomic E-state index is 12.4. The molecule has 2 aliphatic heterocycles. The second-order valence-corrected chi connectivity index (χ2v) is 8.74. The summed E-state index contributed by atoms with van der Waals surface area (Å²) in [5.74, 6) is 0.387. The van der Waals surface area contributed by atoms with Crippen LogP contribution in [0.2, 0.25) is 5.02 Å². The predicted molar refractivity (Wildman–Crippen MR) is 117 cm³/mol. The summed E-state index contributed by atoms with van der Waals surface area (Å²) in [5, 5.41) is 18.4. The van der Waals surface area contributed by atoms with Gasteiger partial charge in [-0.05, 0) is 43.4 Å². The first kappa shape index (κ1) is 21.0. The minimum absolute atomic E-state index is 0.0352. The van der Waals surface area contributed by atoms with Crippen LogP contribution in [0.4, 0.5) is 11.5 Å². The predicted octanol–water partition coefficient (Wildman–Crippen LogP) is 2.97. The van der Waals surface area contributed by atoms with Gasteiger partial charge in [0.1, 0.15) is 5.82 Å². The fourth-order valence-corrected chi connectivity index (χ4v) is 3.96. The molecule has 160 valence electrons. The van der Waals surface area contributed by atoms with E-state index in [1.54, 1.807) is 12.3 Å². The van der Waals surface area contributed by atoms with E-state index in [-0.39, 0.29) is 17.2 Å². The number of ether oxygens (including phenoxy) is 1. The Morgan fingerprint density at radius 1 is 1.33 bits per heavy atom. The van der Waals surface area contributed by atoms with Gasteiger partial charge in [-0.15, -0.1) is 0 Å². The molecule has 4 rings (SSSR count). The summed E-state index contributed by atoms with van der Waals surface area (Å²) in [6.07, 6.45) is 6.13. The van der Waals surface area contributed by atoms with Gasteiger partial charge in [0.05, 0.1) is 28.5 Å². The van der Waals surface area contributed by atoms with E-state index in [4.69, 9.17) is 16.3 Å². The molecule has 3 N–H and O–H groups in total. The van der Waals surface area contributed by atoms with E-state index in [2.05, 4.69) is 38.1 Å². The van der Waals surface area contributed by atoms with E-state index >= 15 is 0 Å². The Morgan fingerprint density at radius 3 is 2.93 bits per heavy atom. The van der Waals surface area contributed by atoms with Crippen molar-refractivity contribution in [1.29, 1.82) is 0 Å². The number of nitrogens with one attached hydrogen (secondary N) is 3. The number of pyridine rings is 1. The van der Waals surface area contributed by atoms with Crippen LogP contribution in [0.5, 0.6) is 0 Å². The average Bonchev–Trinajstić information content (AvgIpc) is 3.30. The van der Waals surface area contributed by atoms with Crippen LogP contribution in [0.1, 0.15) is 26.2 Å². The lowest BCUT2D eigenvalue weighted by molar-refractivity contribution is -0.119. The highest BCUT2D eigenvalue weighted by Crippen LogP contribution is 2.32. The summed E-state index contributed by atoms with van der Waals surface area (Å²) in [6.45, 7) is 6.26. The Hall–Kier alpha value is -2.29. The quantitative estimate of drug-likeness (QED) is 0.647. The molecule has 0 spiro atoms. The molecule has 0 saturated carbocycles. The van der Waals surface area contributed by atoms with E-state index in [1.807, 2.05) is 6.07 Å². The molecule has 0 radical (unpaired) electrons. The van der Waals surface area contributed by atoms with Crippen LogP contribution < -0.4 is 16.0 Å². The Bertz CT molecular complexity index is 897. The molecular formula is C21H27ClN6O2. The highest BCUT2D eigenvalue weighted by atomic mass is 35.5. The minimum Gasteiger partial charge on any atom is -0.383 e. The number of carbonyl (C=O) groups excluding carboxylic acids is 1. The lowest BCUT2D eigenvalue weighted by Crippen LogP contribution is -2.33. The molecule has 2 saturated heterocycles. The number of hydrogen-bond donors (Lipinski definition) is 3. The molecule has 30 heavy (non-hydrogen) atoms. The number of halogens is 1. The fraction of sp³-hybridized carbons (Fsp3) is 0.524. The number of aromatic nitrogens is 3. The van der Waals surface area contributed by atoms with Gasteiger partial charge in [0.15, 0.2) is 0 Å². The van der Waals surface area contributed by atoms with Crippen LogP contribution in [-0.4, -0.2) is 53.9 Å². The summed E-state index contributed by atoms with van der Waals surface area (Å²) in [5.41, 5.74) is 2.38. The number of amides is 1. The van der Waals surface area contributed by atoms with Crippen molar-refractivity contribution < 1.29 is 9.53 Å². The molecule has 0 aliphatic carbocycles. The monoisotopic (exact) mass is 430 g/mol. The van der Waals surface area contributed by atoms with Gasteiger partial charge in [0.25, 0.3) is 0 Å². The van der Waals surface area contributed by atoms with Gasteiger partial charge in [-0.1, -0.05) is 18.5 Å². The molecule has 2 aromatic heterocycles. The third-order valence-corrected chi connectivity index (χ3v) is 6.19. The Kier molecular flexibility index (Phi) is 6.46. The summed E-state index contributed by atoms with van der Waals surface area (Å²) in [7, 11) is 0. The Labute approximate surface area is 181 Å². The van der Waals surface area contributed by atoms with Crippen LogP contribution in [0.3, 0.4) is 0 Å². The molecule has 2 aliphatic rings. The molecule has 2 fully saturated rings. The summed E-state index contributed by atoms with van der Waals surface area (Å²) in [6, 6.07) is 3.67. The molecule has 4 heterocycles. The van der Waals surface area contributed by atoms with E-state index in [1.165, 1.54) is 6.20 Å². The van der Waals surface area contributed by atoms with Crippen molar-refractivity contribution in [3.8, 4) is 11.3 Å². The first-order valence-corrected chi connectivity index (χ1v) is 10.7. The van der Waals surface area contributed by atoms with E-state index < -0.39 is 0 Å². The number of nitrogens with zero attached hydrogens (tertiary/aromatic N) is 3. The van der Waals surface area contributed by atoms with Gasteiger partial charge in [-0.3, -0.25) is 4.79 Å². The molecule has 1 atom stereocenters. The Balaban J connectivity index is 1.47. The molecular weight excluding hydrogens is 404 g/mol. The molecule has 8 nitrogen and oxygen atoms in total. The second-order valence-electron chi connectivity index (χ2n) is 8.33. The molecule has 2 aromatic rings. The second kappa shape index (κ2) is 9.24. The van der Waals surface area contributed by atoms with Gasteiger partial charge in [-0.2, -0.15) is 10.2 Å². The summed E-state index contributed by atoms with van der Waals surface area (Å²) < 4.78 is 5.47. The maximum absolute atomic E-state index is 12.4. The number of rotatable bonds is 6. The van der Waals surface area contributed by atoms with Crippen molar-refractivity contribution in [2.75, 3.05) is 43.5 Å². The first-order chi connectivity index (χ1) is 14.5. The van der Waals surface area contributed by atoms with Gasteiger partial charge >= 0.3 is 0 Å². The van der Waals surface area contributed by atoms with Crippen LogP contribution in [0, 0.1) is 11.3 Å². The average molecular weight is 431 g/mol. The van der Waals surface area contributed by atoms with Gasteiger partial charge in [0.2, 0.25) is 5.91 Å². The van der Waals surface area contributed by atoms with Gasteiger partial charge in [-0.25, -0.2) is 4.98 Å². The SMILES string of the molecule is CC1(CNc2cnnc(-c3cc(NC(=O)[C@@H]4CCNC4)ncc3Cl)c2)CCOCC1. The zero-order chi connectivity index (χ0) is 21.0. The molecule has 1 amide bonds. The van der Waals surface area contributed by atoms with Crippen LogP contribution in [0.15, 0.2) is 24.5 Å². The van der Waals surface area contributed by atoms with E-state index in [0.717, 1.165) is 51.3 Å². The highest BCUT2D eigenvalue weighted by Gasteiger charge is 2.27. The van der Waals surface area contributed by atoms with Crippen molar-refractivity contribution in [3.05, 3.63) is 29.5 Å². The topological polar surface area (TPSA) is 101 Å². The van der Waals surface area contributed by atoms with E-state index in [0.29, 0.717) is 28.6 Å². The largest absolute Gasteiger partial charge is 0.383 e. The van der Waals surface area contributed by atoms with Crippen molar-refractivity contribution in [3.63, 3.8) is 0 Å². The summed E-state index contributed by atoms with van der Waals surface area (Å²) in [4.78, 5) is 16.6. The van der Waals surface area contributed by atoms with Crippen molar-refractivity contribution in [2.24, 2.45) is 11.3 Å². The molecule has 0 bridgehead atoms. The summed E-state index contributed by atoms with van der Waals surface area (Å²) >= 11 is 6.38. The zero-order valence-corrected chi connectivity index (χ0v) is 17.8. The third-order valence-electron chi connectivity index (χ3n) is 5.89. The zero-order valence-electron chi connectivity index (χ0n) is 17.1. The number of hydrogen-bond acceptors (Lipinski definition) is 7. The highest BCUT2D eigenvalue weighted by molar-refractivity contribution is 6.33. The third kappa shape index (κ3) is 5.06. The number of anilines is 2. The van der Waals surface area contributed by atoms with Crippen molar-refractivity contribution >= 4 is 29.0 Å². The van der Waals surface area contributed by atoms with Crippen LogP contribution in [-0.2, 0) is 9.53 Å². The molecule has 0 aromatic carbocycles. The standard InChI is InChI=1S/C21H27ClN6O2/c1-21(3-6-30-7-4-21)13-25-15-8-18(28-26-11-15)16-9-19(24-12-17(16)22)27-20(29)14-2-5-23-10-14/h8-9,11-12,14,23H,2-7,10,13H2,1H3,(H,25,28)(H,24,27,29)/t14-/m1/s1. The van der Waals surface area contributed by atoms with E-state index in [9.17, 15) is 4.79 Å². The Morgan fingerprint density at radius 2 is 2.17 bits per heavy atom. The maximum Gasteiger partial charge on any atom is 0.229 e. The van der Waals surface area contributed by atoms with Crippen molar-refractivity contribution in [1.82, 2.24) is 20.5 Å². The minimum atomic E-state index is -0.0372. The fourth-order valence-electron chi connectivity index (χ4n) is 3.76. The smallest absolute Gasteiger partial charge is 0.229 e. The lowest BCUT2D eigenvalue weighted by Gasteiger charge is -2.33. The van der Waals surface area contributed by atoms with Crippen molar-refractivity contribution in [2.45, 2.75) is 26.2 Å². The van der Waals surface area contributed by atoms with Gasteiger partial charge < -0.3 is 20.7 Å². The lowest BCUT2D eigenvalue weighted by atomic mass is 9.82. The van der Waals surface area contributed by atoms with Crippen LogP contribution >= 0.6 is 11.6 Å². The normalized spacial score (nSPS) is 20.7. The first-order valence-electron chi connectivity index (χ1n) is 10.3.